The van der Waals surface area contributed by atoms with Crippen LogP contribution in [0.25, 0.3) is 0 Å². The van der Waals surface area contributed by atoms with Crippen LogP contribution in [0.3, 0.4) is 0 Å². The van der Waals surface area contributed by atoms with Gasteiger partial charge in [-0.1, -0.05) is 38.1 Å². The Morgan fingerprint density at radius 2 is 1.94 bits per heavy atom. The fourth-order valence-electron chi connectivity index (χ4n) is 2.47. The highest BCUT2D eigenvalue weighted by Gasteiger charge is 2.30. The van der Waals surface area contributed by atoms with E-state index < -0.39 is 0 Å². The Bertz CT molecular complexity index is 347. The maximum atomic E-state index is 6.37. The lowest BCUT2D eigenvalue weighted by atomic mass is 9.87. The second-order valence-corrected chi connectivity index (χ2v) is 6.59. The van der Waals surface area contributed by atoms with Crippen LogP contribution in [0.2, 0.25) is 0 Å². The summed E-state index contributed by atoms with van der Waals surface area (Å²) in [6, 6.07) is 0.150. The smallest absolute Gasteiger partial charge is 0.0857 e. The summed E-state index contributed by atoms with van der Waals surface area (Å²) in [6.07, 6.45) is 5.19. The van der Waals surface area contributed by atoms with Crippen LogP contribution in [-0.2, 0) is 5.41 Å². The van der Waals surface area contributed by atoms with Crippen molar-refractivity contribution in [3.05, 3.63) is 10.6 Å². The molecule has 4 heteroatoms. The predicted molar refractivity (Wildman–Crippen MR) is 67.5 cm³/mol. The fourth-order valence-corrected chi connectivity index (χ4v) is 3.42. The van der Waals surface area contributed by atoms with Crippen LogP contribution in [0.4, 0.5) is 0 Å². The molecule has 1 unspecified atom stereocenters. The zero-order valence-corrected chi connectivity index (χ0v) is 11.2. The molecule has 1 heterocycles. The lowest BCUT2D eigenvalue weighted by Crippen LogP contribution is -2.23. The molecule has 0 aromatic carbocycles. The van der Waals surface area contributed by atoms with Gasteiger partial charge in [0, 0.05) is 11.5 Å². The van der Waals surface area contributed by atoms with E-state index in [9.17, 15) is 0 Å². The highest BCUT2D eigenvalue weighted by molar-refractivity contribution is 7.05. The normalized spacial score (nSPS) is 20.2. The lowest BCUT2D eigenvalue weighted by molar-refractivity contribution is 0.438. The summed E-state index contributed by atoms with van der Waals surface area (Å²) in [5.74, 6) is 0.642. The van der Waals surface area contributed by atoms with E-state index in [1.54, 1.807) is 0 Å². The van der Waals surface area contributed by atoms with Crippen molar-refractivity contribution in [2.75, 3.05) is 0 Å². The molecule has 16 heavy (non-hydrogen) atoms. The zero-order valence-electron chi connectivity index (χ0n) is 10.4. The van der Waals surface area contributed by atoms with E-state index in [1.165, 1.54) is 42.1 Å². The van der Waals surface area contributed by atoms with Gasteiger partial charge in [0.05, 0.1) is 10.6 Å². The number of rotatable bonds is 2. The molecule has 1 fully saturated rings. The molecule has 0 aliphatic heterocycles. The van der Waals surface area contributed by atoms with Crippen molar-refractivity contribution in [1.82, 2.24) is 9.59 Å². The second kappa shape index (κ2) is 4.41. The average Bonchev–Trinajstić information content (AvgIpc) is 2.87. The van der Waals surface area contributed by atoms with Crippen molar-refractivity contribution in [2.45, 2.75) is 57.9 Å². The summed E-state index contributed by atoms with van der Waals surface area (Å²) in [6.45, 7) is 6.53. The summed E-state index contributed by atoms with van der Waals surface area (Å²) in [4.78, 5) is 1.21. The minimum Gasteiger partial charge on any atom is -0.323 e. The van der Waals surface area contributed by atoms with Gasteiger partial charge >= 0.3 is 0 Å². The number of nitrogens with two attached hydrogens (primary N) is 1. The summed E-state index contributed by atoms with van der Waals surface area (Å²) in [5.41, 5.74) is 7.52. The SMILES string of the molecule is CC(C)(C)c1nnsc1C(N)C1CCCC1. The van der Waals surface area contributed by atoms with E-state index in [0.29, 0.717) is 5.92 Å². The first kappa shape index (κ1) is 12.0. The van der Waals surface area contributed by atoms with E-state index >= 15 is 0 Å². The average molecular weight is 239 g/mol. The molecule has 0 radical (unpaired) electrons. The molecule has 0 saturated heterocycles. The fraction of sp³-hybridized carbons (Fsp3) is 0.833. The Labute approximate surface area is 102 Å². The molecule has 0 bridgehead atoms. The summed E-state index contributed by atoms with van der Waals surface area (Å²) in [7, 11) is 0. The quantitative estimate of drug-likeness (QED) is 0.863. The lowest BCUT2D eigenvalue weighted by Gasteiger charge is -2.22. The van der Waals surface area contributed by atoms with Crippen LogP contribution < -0.4 is 5.73 Å². The van der Waals surface area contributed by atoms with Crippen molar-refractivity contribution in [2.24, 2.45) is 11.7 Å². The van der Waals surface area contributed by atoms with Gasteiger partial charge in [0.15, 0.2) is 0 Å². The largest absolute Gasteiger partial charge is 0.323 e. The van der Waals surface area contributed by atoms with E-state index in [4.69, 9.17) is 5.73 Å². The zero-order chi connectivity index (χ0) is 11.8. The summed E-state index contributed by atoms with van der Waals surface area (Å²) in [5, 5.41) is 4.27. The first-order valence-corrected chi connectivity index (χ1v) is 6.86. The van der Waals surface area contributed by atoms with Crippen LogP contribution in [-0.4, -0.2) is 9.59 Å². The monoisotopic (exact) mass is 239 g/mol. The highest BCUT2D eigenvalue weighted by atomic mass is 32.1. The van der Waals surface area contributed by atoms with Gasteiger partial charge in [-0.05, 0) is 30.3 Å². The van der Waals surface area contributed by atoms with Gasteiger partial charge in [0.1, 0.15) is 0 Å². The van der Waals surface area contributed by atoms with Crippen LogP contribution in [0.1, 0.15) is 63.1 Å². The van der Waals surface area contributed by atoms with Crippen LogP contribution in [0.5, 0.6) is 0 Å². The minimum absolute atomic E-state index is 0.0541. The van der Waals surface area contributed by atoms with E-state index in [1.807, 2.05) is 0 Å². The van der Waals surface area contributed by atoms with E-state index in [2.05, 4.69) is 30.4 Å². The molecule has 1 saturated carbocycles. The Balaban J connectivity index is 2.23. The van der Waals surface area contributed by atoms with Crippen LogP contribution in [0, 0.1) is 5.92 Å². The van der Waals surface area contributed by atoms with Gasteiger partial charge in [-0.15, -0.1) is 5.10 Å². The summed E-state index contributed by atoms with van der Waals surface area (Å²) >= 11 is 1.49. The van der Waals surface area contributed by atoms with Crippen LogP contribution >= 0.6 is 11.5 Å². The molecule has 90 valence electrons. The highest BCUT2D eigenvalue weighted by Crippen LogP contribution is 2.38. The molecule has 1 aromatic rings. The minimum atomic E-state index is 0.0541. The molecule has 1 aliphatic carbocycles. The van der Waals surface area contributed by atoms with Crippen molar-refractivity contribution in [3.8, 4) is 0 Å². The molecule has 1 aromatic heterocycles. The topological polar surface area (TPSA) is 51.8 Å². The standard InChI is InChI=1S/C12H21N3S/c1-12(2,3)11-10(16-15-14-11)9(13)8-6-4-5-7-8/h8-9H,4-7,13H2,1-3H3. The molecule has 0 spiro atoms. The first-order chi connectivity index (χ1) is 7.50. The maximum absolute atomic E-state index is 6.37. The van der Waals surface area contributed by atoms with Gasteiger partial charge in [-0.2, -0.15) is 0 Å². The third-order valence-electron chi connectivity index (χ3n) is 3.43. The molecule has 1 aliphatic rings. The molecule has 3 nitrogen and oxygen atoms in total. The third kappa shape index (κ3) is 2.28. The predicted octanol–water partition coefficient (Wildman–Crippen LogP) is 3.03. The Morgan fingerprint density at radius 1 is 1.31 bits per heavy atom. The van der Waals surface area contributed by atoms with E-state index in [0.717, 1.165) is 5.69 Å². The third-order valence-corrected chi connectivity index (χ3v) is 4.26. The second-order valence-electron chi connectivity index (χ2n) is 5.81. The van der Waals surface area contributed by atoms with Gasteiger partial charge in [0.2, 0.25) is 0 Å². The maximum Gasteiger partial charge on any atom is 0.0857 e. The van der Waals surface area contributed by atoms with Gasteiger partial charge in [0.25, 0.3) is 0 Å². The van der Waals surface area contributed by atoms with Crippen LogP contribution in [0.15, 0.2) is 0 Å². The molecule has 1 atom stereocenters. The molecule has 0 amide bonds. The Morgan fingerprint density at radius 3 is 2.50 bits per heavy atom. The summed E-state index contributed by atoms with van der Waals surface area (Å²) < 4.78 is 4.09. The van der Waals surface area contributed by atoms with Gasteiger partial charge in [-0.3, -0.25) is 0 Å². The Hall–Kier alpha value is -0.480. The molecule has 2 rings (SSSR count). The van der Waals surface area contributed by atoms with Crippen molar-refractivity contribution >= 4 is 11.5 Å². The number of hydrogen-bond donors (Lipinski definition) is 1. The van der Waals surface area contributed by atoms with Crippen molar-refractivity contribution < 1.29 is 0 Å². The number of aromatic nitrogens is 2. The molecular weight excluding hydrogens is 218 g/mol. The molecule has 2 N–H and O–H groups in total. The molecular formula is C12H21N3S. The van der Waals surface area contributed by atoms with Gasteiger partial charge in [-0.25, -0.2) is 0 Å². The van der Waals surface area contributed by atoms with E-state index in [-0.39, 0.29) is 11.5 Å². The van der Waals surface area contributed by atoms with Crippen molar-refractivity contribution in [1.29, 1.82) is 0 Å². The number of hydrogen-bond acceptors (Lipinski definition) is 4. The first-order valence-electron chi connectivity index (χ1n) is 6.08. The Kier molecular flexibility index (Phi) is 3.31. The number of nitrogens with zero attached hydrogens (tertiary/aromatic N) is 2. The van der Waals surface area contributed by atoms with Gasteiger partial charge < -0.3 is 5.73 Å². The van der Waals surface area contributed by atoms with Crippen molar-refractivity contribution in [3.63, 3.8) is 0 Å².